The van der Waals surface area contributed by atoms with E-state index in [0.717, 1.165) is 0 Å². The van der Waals surface area contributed by atoms with E-state index in [-0.39, 0.29) is 22.8 Å². The standard InChI is InChI=1S/C23H19N3O3/c1-3-18-19(20(27)14-9-5-4-6-10-14)23(16(13-24)21(25)29-18)15-11-7-8-12-17(15)26(2)22(23)28/h4-12H,3,25H2,1-2H3. The molecule has 2 aliphatic heterocycles. The number of carbonyl (C=O) groups is 2. The number of ether oxygens (including phenoxy) is 1. The third-order valence-corrected chi connectivity index (χ3v) is 5.50. The Kier molecular flexibility index (Phi) is 4.24. The molecule has 6 heteroatoms. The molecule has 144 valence electrons. The highest BCUT2D eigenvalue weighted by molar-refractivity contribution is 6.23. The monoisotopic (exact) mass is 385 g/mol. The molecule has 6 nitrogen and oxygen atoms in total. The summed E-state index contributed by atoms with van der Waals surface area (Å²) in [7, 11) is 1.63. The Hall–Kier alpha value is -3.85. The van der Waals surface area contributed by atoms with Crippen molar-refractivity contribution in [2.45, 2.75) is 18.8 Å². The number of Topliss-reactive ketones (excluding diaryl/α,β-unsaturated/α-hetero) is 1. The lowest BCUT2D eigenvalue weighted by Crippen LogP contribution is -2.47. The smallest absolute Gasteiger partial charge is 0.247 e. The number of hydrogen-bond donors (Lipinski definition) is 1. The van der Waals surface area contributed by atoms with Crippen LogP contribution in [-0.2, 0) is 14.9 Å². The number of likely N-dealkylation sites (N-methyl/N-ethyl adjacent to an activating group) is 1. The van der Waals surface area contributed by atoms with Crippen molar-refractivity contribution in [1.82, 2.24) is 0 Å². The normalized spacial score (nSPS) is 20.6. The van der Waals surface area contributed by atoms with E-state index in [1.54, 1.807) is 55.6 Å². The maximum atomic E-state index is 13.7. The lowest BCUT2D eigenvalue weighted by atomic mass is 9.66. The van der Waals surface area contributed by atoms with E-state index in [2.05, 4.69) is 6.07 Å². The molecule has 0 aliphatic carbocycles. The lowest BCUT2D eigenvalue weighted by molar-refractivity contribution is -0.120. The van der Waals surface area contributed by atoms with E-state index in [1.165, 1.54) is 4.90 Å². The third kappa shape index (κ3) is 2.34. The summed E-state index contributed by atoms with van der Waals surface area (Å²) in [4.78, 5) is 28.9. The number of ketones is 1. The van der Waals surface area contributed by atoms with Crippen LogP contribution in [0.3, 0.4) is 0 Å². The van der Waals surface area contributed by atoms with Crippen LogP contribution in [0.2, 0.25) is 0 Å². The van der Waals surface area contributed by atoms with Crippen LogP contribution in [0.4, 0.5) is 5.69 Å². The van der Waals surface area contributed by atoms with Crippen LogP contribution in [0.15, 0.2) is 77.4 Å². The van der Waals surface area contributed by atoms with Crippen LogP contribution in [0.1, 0.15) is 29.3 Å². The van der Waals surface area contributed by atoms with Gasteiger partial charge in [-0.1, -0.05) is 55.5 Å². The SMILES string of the molecule is CCC1=C(C(=O)c2ccccc2)C2(C(=O)N(C)c3ccccc32)C(C#N)=C(N)O1. The molecule has 0 saturated heterocycles. The van der Waals surface area contributed by atoms with Gasteiger partial charge in [-0.25, -0.2) is 0 Å². The van der Waals surface area contributed by atoms with Crippen molar-refractivity contribution in [1.29, 1.82) is 5.26 Å². The molecule has 0 fully saturated rings. The lowest BCUT2D eigenvalue weighted by Gasteiger charge is -2.35. The fourth-order valence-electron chi connectivity index (χ4n) is 4.21. The number of benzene rings is 2. The summed E-state index contributed by atoms with van der Waals surface area (Å²) in [5.74, 6) is -0.603. The van der Waals surface area contributed by atoms with Crippen molar-refractivity contribution >= 4 is 17.4 Å². The molecule has 0 saturated carbocycles. The Bertz CT molecular complexity index is 1140. The molecule has 2 aliphatic rings. The van der Waals surface area contributed by atoms with Gasteiger partial charge < -0.3 is 15.4 Å². The molecule has 2 aromatic rings. The van der Waals surface area contributed by atoms with E-state index in [0.29, 0.717) is 29.0 Å². The highest BCUT2D eigenvalue weighted by Gasteiger charge is 2.61. The Morgan fingerprint density at radius 3 is 2.48 bits per heavy atom. The zero-order valence-electron chi connectivity index (χ0n) is 16.1. The number of fused-ring (bicyclic) bond motifs is 2. The predicted molar refractivity (Wildman–Crippen MR) is 108 cm³/mol. The first-order chi connectivity index (χ1) is 14.0. The predicted octanol–water partition coefficient (Wildman–Crippen LogP) is 3.17. The molecule has 29 heavy (non-hydrogen) atoms. The summed E-state index contributed by atoms with van der Waals surface area (Å²) in [6.07, 6.45) is 0.341. The second-order valence-corrected chi connectivity index (χ2v) is 6.93. The molecule has 0 radical (unpaired) electrons. The Balaban J connectivity index is 2.11. The zero-order valence-corrected chi connectivity index (χ0v) is 16.1. The highest BCUT2D eigenvalue weighted by atomic mass is 16.5. The van der Waals surface area contributed by atoms with Gasteiger partial charge in [-0.2, -0.15) is 5.26 Å². The van der Waals surface area contributed by atoms with Crippen LogP contribution < -0.4 is 10.6 Å². The van der Waals surface area contributed by atoms with Gasteiger partial charge in [0.05, 0.1) is 5.57 Å². The summed E-state index contributed by atoms with van der Waals surface area (Å²) < 4.78 is 5.70. The number of nitriles is 1. The molecule has 2 aromatic carbocycles. The molecule has 1 amide bonds. The average molecular weight is 385 g/mol. The molecule has 2 N–H and O–H groups in total. The Morgan fingerprint density at radius 2 is 1.83 bits per heavy atom. The van der Waals surface area contributed by atoms with Crippen LogP contribution >= 0.6 is 0 Å². The molecule has 1 atom stereocenters. The molecule has 1 unspecified atom stereocenters. The number of carbonyl (C=O) groups excluding carboxylic acids is 2. The first kappa shape index (κ1) is 18.5. The summed E-state index contributed by atoms with van der Waals surface area (Å²) in [6.45, 7) is 1.82. The fourth-order valence-corrected chi connectivity index (χ4v) is 4.21. The van der Waals surface area contributed by atoms with Gasteiger partial charge >= 0.3 is 0 Å². The first-order valence-corrected chi connectivity index (χ1v) is 9.27. The van der Waals surface area contributed by atoms with Gasteiger partial charge in [0.1, 0.15) is 22.8 Å². The molecular weight excluding hydrogens is 366 g/mol. The van der Waals surface area contributed by atoms with Crippen molar-refractivity contribution in [3.8, 4) is 6.07 Å². The van der Waals surface area contributed by atoms with E-state index < -0.39 is 11.3 Å². The molecule has 4 rings (SSSR count). The number of rotatable bonds is 3. The number of hydrogen-bond acceptors (Lipinski definition) is 5. The van der Waals surface area contributed by atoms with Gasteiger partial charge in [0.25, 0.3) is 0 Å². The molecule has 0 bridgehead atoms. The minimum atomic E-state index is -1.62. The van der Waals surface area contributed by atoms with Crippen molar-refractivity contribution in [3.63, 3.8) is 0 Å². The minimum absolute atomic E-state index is 0.0595. The molecule has 1 spiro atoms. The largest absolute Gasteiger partial charge is 0.444 e. The van der Waals surface area contributed by atoms with Gasteiger partial charge in [-0.15, -0.1) is 0 Å². The number of nitrogens with zero attached hydrogens (tertiary/aromatic N) is 2. The first-order valence-electron chi connectivity index (χ1n) is 9.27. The average Bonchev–Trinajstić information content (AvgIpc) is 2.97. The number of allylic oxidation sites excluding steroid dienone is 1. The van der Waals surface area contributed by atoms with Crippen LogP contribution in [0.25, 0.3) is 0 Å². The summed E-state index contributed by atoms with van der Waals surface area (Å²) in [5, 5.41) is 9.97. The van der Waals surface area contributed by atoms with Gasteiger partial charge in [0.15, 0.2) is 5.78 Å². The highest BCUT2D eigenvalue weighted by Crippen LogP contribution is 2.54. The number of amides is 1. The van der Waals surface area contributed by atoms with Gasteiger partial charge in [-0.3, -0.25) is 9.59 Å². The van der Waals surface area contributed by atoms with Gasteiger partial charge in [0.2, 0.25) is 11.8 Å². The number of nitrogens with two attached hydrogens (primary N) is 1. The summed E-state index contributed by atoms with van der Waals surface area (Å²) in [5.41, 5.74) is 6.16. The van der Waals surface area contributed by atoms with Gasteiger partial charge in [-0.05, 0) is 6.07 Å². The second-order valence-electron chi connectivity index (χ2n) is 6.93. The third-order valence-electron chi connectivity index (χ3n) is 5.50. The quantitative estimate of drug-likeness (QED) is 0.819. The van der Waals surface area contributed by atoms with Gasteiger partial charge in [0, 0.05) is 30.3 Å². The summed E-state index contributed by atoms with van der Waals surface area (Å²) in [6, 6.07) is 17.9. The Labute approximate surface area is 168 Å². The second kappa shape index (κ2) is 6.64. The Morgan fingerprint density at radius 1 is 1.17 bits per heavy atom. The molecular formula is C23H19N3O3. The fraction of sp³-hybridized carbons (Fsp3) is 0.174. The van der Waals surface area contributed by atoms with Crippen LogP contribution in [0.5, 0.6) is 0 Å². The molecule has 2 heterocycles. The van der Waals surface area contributed by atoms with E-state index in [1.807, 2.05) is 13.0 Å². The minimum Gasteiger partial charge on any atom is -0.444 e. The molecule has 0 aromatic heterocycles. The van der Waals surface area contributed by atoms with Crippen LogP contribution in [-0.4, -0.2) is 18.7 Å². The van der Waals surface area contributed by atoms with E-state index >= 15 is 0 Å². The van der Waals surface area contributed by atoms with Crippen molar-refractivity contribution in [2.75, 3.05) is 11.9 Å². The van der Waals surface area contributed by atoms with E-state index in [4.69, 9.17) is 10.5 Å². The number of para-hydroxylation sites is 1. The number of anilines is 1. The van der Waals surface area contributed by atoms with Crippen molar-refractivity contribution in [3.05, 3.63) is 88.5 Å². The maximum absolute atomic E-state index is 13.7. The topological polar surface area (TPSA) is 96.4 Å². The van der Waals surface area contributed by atoms with E-state index in [9.17, 15) is 14.9 Å². The zero-order chi connectivity index (χ0) is 20.8. The van der Waals surface area contributed by atoms with Crippen LogP contribution in [0, 0.1) is 11.3 Å². The summed E-state index contributed by atoms with van der Waals surface area (Å²) >= 11 is 0. The maximum Gasteiger partial charge on any atom is 0.247 e. The van der Waals surface area contributed by atoms with Crippen molar-refractivity contribution in [2.24, 2.45) is 5.73 Å². The van der Waals surface area contributed by atoms with Crippen molar-refractivity contribution < 1.29 is 14.3 Å².